The van der Waals surface area contributed by atoms with Crippen LogP contribution in [-0.4, -0.2) is 70.7 Å². The average Bonchev–Trinajstić information content (AvgIpc) is 3.21. The molecular weight excluding hydrogens is 366 g/mol. The maximum atomic E-state index is 12.7. The lowest BCUT2D eigenvalue weighted by Gasteiger charge is -2.34. The fourth-order valence-corrected chi connectivity index (χ4v) is 4.01. The molecule has 29 heavy (non-hydrogen) atoms. The van der Waals surface area contributed by atoms with Crippen LogP contribution in [0.5, 0.6) is 5.75 Å². The molecule has 0 amide bonds. The zero-order valence-electron chi connectivity index (χ0n) is 17.2. The Morgan fingerprint density at radius 3 is 2.66 bits per heavy atom. The standard InChI is InChI=1S/C22H29N5O2/c1-3-25-11-13-26(14-12-25)8-4-9-27-10-7-23-21(27)19-16-17-15-18(29-2)5-6-20(17)24-22(19)28/h5-7,10,15-16H,3-4,8-9,11-14H2,1-2H3,(H,24,28). The van der Waals surface area contributed by atoms with Gasteiger partial charge in [-0.25, -0.2) is 4.98 Å². The van der Waals surface area contributed by atoms with Crippen LogP contribution in [0.25, 0.3) is 22.3 Å². The third-order valence-electron chi connectivity index (χ3n) is 5.79. The fraction of sp³-hybridized carbons (Fsp3) is 0.455. The van der Waals surface area contributed by atoms with Crippen molar-refractivity contribution in [3.8, 4) is 17.1 Å². The summed E-state index contributed by atoms with van der Waals surface area (Å²) in [6.45, 7) is 9.86. The van der Waals surface area contributed by atoms with Crippen LogP contribution in [0.4, 0.5) is 0 Å². The summed E-state index contributed by atoms with van der Waals surface area (Å²) < 4.78 is 7.39. The summed E-state index contributed by atoms with van der Waals surface area (Å²) in [6.07, 6.45) is 4.76. The van der Waals surface area contributed by atoms with E-state index < -0.39 is 0 Å². The molecule has 0 spiro atoms. The molecule has 0 atom stereocenters. The Hall–Kier alpha value is -2.64. The van der Waals surface area contributed by atoms with E-state index in [0.717, 1.165) is 68.9 Å². The van der Waals surface area contributed by atoms with Crippen LogP contribution >= 0.6 is 0 Å². The van der Waals surface area contributed by atoms with Crippen molar-refractivity contribution in [2.75, 3.05) is 46.4 Å². The van der Waals surface area contributed by atoms with Gasteiger partial charge in [-0.1, -0.05) is 6.92 Å². The number of benzene rings is 1. The van der Waals surface area contributed by atoms with Crippen LogP contribution in [0, 0.1) is 0 Å². The molecule has 0 aliphatic carbocycles. The highest BCUT2D eigenvalue weighted by Gasteiger charge is 2.16. The number of methoxy groups -OCH3 is 1. The third kappa shape index (κ3) is 4.36. The number of imidazole rings is 1. The van der Waals surface area contributed by atoms with Gasteiger partial charge in [-0.15, -0.1) is 0 Å². The predicted octanol–water partition coefficient (Wildman–Crippen LogP) is 2.43. The second-order valence-corrected chi connectivity index (χ2v) is 7.54. The molecule has 0 bridgehead atoms. The Bertz CT molecular complexity index is 1020. The van der Waals surface area contributed by atoms with E-state index in [1.165, 1.54) is 0 Å². The molecule has 7 nitrogen and oxygen atoms in total. The number of hydrogen-bond donors (Lipinski definition) is 1. The van der Waals surface area contributed by atoms with Crippen molar-refractivity contribution in [1.82, 2.24) is 24.3 Å². The van der Waals surface area contributed by atoms with E-state index in [2.05, 4.69) is 31.3 Å². The molecular formula is C22H29N5O2. The molecule has 2 aromatic heterocycles. The molecule has 1 fully saturated rings. The SMILES string of the molecule is CCN1CCN(CCCn2ccnc2-c2cc3cc(OC)ccc3[nH]c2=O)CC1. The van der Waals surface area contributed by atoms with Crippen LogP contribution in [0.1, 0.15) is 13.3 Å². The summed E-state index contributed by atoms with van der Waals surface area (Å²) in [6, 6.07) is 7.54. The summed E-state index contributed by atoms with van der Waals surface area (Å²) in [5.41, 5.74) is 1.27. The fourth-order valence-electron chi connectivity index (χ4n) is 4.01. The molecule has 1 aromatic carbocycles. The van der Waals surface area contributed by atoms with E-state index in [-0.39, 0.29) is 5.56 Å². The van der Waals surface area contributed by atoms with Crippen molar-refractivity contribution in [3.63, 3.8) is 0 Å². The van der Waals surface area contributed by atoms with Gasteiger partial charge in [0.25, 0.3) is 5.56 Å². The lowest BCUT2D eigenvalue weighted by atomic mass is 10.1. The highest BCUT2D eigenvalue weighted by atomic mass is 16.5. The van der Waals surface area contributed by atoms with Crippen LogP contribution in [-0.2, 0) is 6.54 Å². The Labute approximate surface area is 170 Å². The molecule has 1 saturated heterocycles. The Morgan fingerprint density at radius 1 is 1.10 bits per heavy atom. The van der Waals surface area contributed by atoms with Gasteiger partial charge in [0.15, 0.2) is 0 Å². The van der Waals surface area contributed by atoms with E-state index in [0.29, 0.717) is 11.4 Å². The number of rotatable bonds is 7. The van der Waals surface area contributed by atoms with Crippen LogP contribution in [0.3, 0.4) is 0 Å². The summed E-state index contributed by atoms with van der Waals surface area (Å²) in [5, 5.41) is 0.933. The van der Waals surface area contributed by atoms with Crippen LogP contribution in [0.2, 0.25) is 0 Å². The van der Waals surface area contributed by atoms with Gasteiger partial charge in [-0.3, -0.25) is 4.79 Å². The minimum atomic E-state index is -0.120. The molecule has 0 radical (unpaired) electrons. The van der Waals surface area contributed by atoms with Crippen molar-refractivity contribution in [2.45, 2.75) is 19.9 Å². The van der Waals surface area contributed by atoms with E-state index in [9.17, 15) is 4.79 Å². The number of fused-ring (bicyclic) bond motifs is 1. The Kier molecular flexibility index (Phi) is 5.97. The Morgan fingerprint density at radius 2 is 1.90 bits per heavy atom. The van der Waals surface area contributed by atoms with Gasteiger partial charge < -0.3 is 24.1 Å². The number of likely N-dealkylation sites (N-methyl/N-ethyl adjacent to an activating group) is 1. The number of ether oxygens (including phenoxy) is 1. The first-order chi connectivity index (χ1) is 14.2. The van der Waals surface area contributed by atoms with Crippen LogP contribution in [0.15, 0.2) is 41.5 Å². The first-order valence-electron chi connectivity index (χ1n) is 10.3. The lowest BCUT2D eigenvalue weighted by Crippen LogP contribution is -2.46. The van der Waals surface area contributed by atoms with Gasteiger partial charge in [0.2, 0.25) is 0 Å². The normalized spacial score (nSPS) is 15.8. The molecule has 0 unspecified atom stereocenters. The molecule has 0 saturated carbocycles. The first-order valence-corrected chi connectivity index (χ1v) is 10.3. The molecule has 3 aromatic rings. The molecule has 7 heteroatoms. The molecule has 1 aliphatic rings. The predicted molar refractivity (Wildman–Crippen MR) is 116 cm³/mol. The monoisotopic (exact) mass is 395 g/mol. The molecule has 4 rings (SSSR count). The molecule has 3 heterocycles. The van der Waals surface area contributed by atoms with E-state index in [1.807, 2.05) is 30.5 Å². The smallest absolute Gasteiger partial charge is 0.259 e. The van der Waals surface area contributed by atoms with Gasteiger partial charge in [-0.2, -0.15) is 0 Å². The highest BCUT2D eigenvalue weighted by molar-refractivity contribution is 5.83. The lowest BCUT2D eigenvalue weighted by molar-refractivity contribution is 0.135. The summed E-state index contributed by atoms with van der Waals surface area (Å²) >= 11 is 0. The summed E-state index contributed by atoms with van der Waals surface area (Å²) in [5.74, 6) is 1.48. The first kappa shape index (κ1) is 19.7. The summed E-state index contributed by atoms with van der Waals surface area (Å²) in [7, 11) is 1.64. The van der Waals surface area contributed by atoms with Crippen molar-refractivity contribution < 1.29 is 4.74 Å². The molecule has 154 valence electrons. The maximum absolute atomic E-state index is 12.7. The van der Waals surface area contributed by atoms with Crippen molar-refractivity contribution in [2.24, 2.45) is 0 Å². The number of nitrogens with zero attached hydrogens (tertiary/aromatic N) is 4. The Balaban J connectivity index is 1.47. The third-order valence-corrected chi connectivity index (χ3v) is 5.79. The quantitative estimate of drug-likeness (QED) is 0.666. The van der Waals surface area contributed by atoms with Gasteiger partial charge in [0.1, 0.15) is 11.6 Å². The summed E-state index contributed by atoms with van der Waals surface area (Å²) in [4.78, 5) is 25.1. The average molecular weight is 396 g/mol. The minimum absolute atomic E-state index is 0.120. The van der Waals surface area contributed by atoms with Gasteiger partial charge in [0, 0.05) is 56.0 Å². The number of H-pyrrole nitrogens is 1. The van der Waals surface area contributed by atoms with Crippen molar-refractivity contribution in [1.29, 1.82) is 0 Å². The van der Waals surface area contributed by atoms with Gasteiger partial charge in [0.05, 0.1) is 12.7 Å². The zero-order valence-corrected chi connectivity index (χ0v) is 17.2. The second-order valence-electron chi connectivity index (χ2n) is 7.54. The number of piperazine rings is 1. The van der Waals surface area contributed by atoms with E-state index in [4.69, 9.17) is 4.74 Å². The number of nitrogens with one attached hydrogen (secondary N) is 1. The number of pyridine rings is 1. The largest absolute Gasteiger partial charge is 0.497 e. The van der Waals surface area contributed by atoms with Crippen molar-refractivity contribution >= 4 is 10.9 Å². The molecule has 1 aliphatic heterocycles. The highest BCUT2D eigenvalue weighted by Crippen LogP contribution is 2.22. The number of aryl methyl sites for hydroxylation is 1. The topological polar surface area (TPSA) is 66.4 Å². The van der Waals surface area contributed by atoms with Gasteiger partial charge >= 0.3 is 0 Å². The number of aromatic nitrogens is 3. The maximum Gasteiger partial charge on any atom is 0.259 e. The van der Waals surface area contributed by atoms with Crippen LogP contribution < -0.4 is 10.3 Å². The second kappa shape index (κ2) is 8.80. The number of aromatic amines is 1. The number of hydrogen-bond acceptors (Lipinski definition) is 5. The minimum Gasteiger partial charge on any atom is -0.497 e. The molecule has 1 N–H and O–H groups in total. The van der Waals surface area contributed by atoms with E-state index in [1.54, 1.807) is 13.3 Å². The van der Waals surface area contributed by atoms with Gasteiger partial charge in [-0.05, 0) is 43.8 Å². The zero-order chi connectivity index (χ0) is 20.2. The van der Waals surface area contributed by atoms with Crippen molar-refractivity contribution in [3.05, 3.63) is 47.0 Å². The van der Waals surface area contributed by atoms with E-state index >= 15 is 0 Å².